The van der Waals surface area contributed by atoms with Crippen LogP contribution in [-0.4, -0.2) is 50.0 Å². The molecule has 0 aromatic rings. The van der Waals surface area contributed by atoms with Crippen molar-refractivity contribution in [2.75, 3.05) is 33.2 Å². The first-order valence-corrected chi connectivity index (χ1v) is 9.25. The quantitative estimate of drug-likeness (QED) is 0.410. The minimum atomic E-state index is 0.261. The molecule has 5 nitrogen and oxygen atoms in total. The first-order valence-electron chi connectivity index (χ1n) is 9.25. The number of rotatable bonds is 8. The highest BCUT2D eigenvalue weighted by atomic mass is 16.2. The second kappa shape index (κ2) is 11.3. The van der Waals surface area contributed by atoms with E-state index in [0.717, 1.165) is 44.4 Å². The summed E-state index contributed by atoms with van der Waals surface area (Å²) in [7, 11) is 1.78. The Morgan fingerprint density at radius 2 is 2.00 bits per heavy atom. The molecule has 0 aromatic heterocycles. The summed E-state index contributed by atoms with van der Waals surface area (Å²) in [5.41, 5.74) is 0. The molecule has 0 bridgehead atoms. The highest BCUT2D eigenvalue weighted by Crippen LogP contribution is 2.15. The Labute approximate surface area is 142 Å². The van der Waals surface area contributed by atoms with Crippen molar-refractivity contribution in [3.8, 4) is 0 Å². The van der Waals surface area contributed by atoms with E-state index in [-0.39, 0.29) is 5.91 Å². The highest BCUT2D eigenvalue weighted by molar-refractivity contribution is 5.81. The molecule has 134 valence electrons. The molecule has 1 atom stereocenters. The molecule has 1 aliphatic heterocycles. The summed E-state index contributed by atoms with van der Waals surface area (Å²) < 4.78 is 0. The van der Waals surface area contributed by atoms with Crippen molar-refractivity contribution in [3.05, 3.63) is 0 Å². The van der Waals surface area contributed by atoms with E-state index in [0.29, 0.717) is 18.9 Å². The van der Waals surface area contributed by atoms with E-state index in [1.54, 1.807) is 7.05 Å². The standard InChI is InChI=1S/C18H36N4O/c1-15(2)8-5-6-11-20-18(19-4)21-12-10-17(23)22-13-7-9-16(3)14-22/h15-16H,5-14H2,1-4H3,(H2,19,20,21). The van der Waals surface area contributed by atoms with Crippen LogP contribution in [-0.2, 0) is 4.79 Å². The summed E-state index contributed by atoms with van der Waals surface area (Å²) in [5, 5.41) is 6.56. The number of carbonyl (C=O) groups is 1. The van der Waals surface area contributed by atoms with Gasteiger partial charge in [-0.15, -0.1) is 0 Å². The normalized spacial score (nSPS) is 19.1. The molecule has 1 saturated heterocycles. The van der Waals surface area contributed by atoms with E-state index >= 15 is 0 Å². The fourth-order valence-electron chi connectivity index (χ4n) is 2.97. The van der Waals surface area contributed by atoms with Gasteiger partial charge in [-0.2, -0.15) is 0 Å². The third-order valence-electron chi connectivity index (χ3n) is 4.37. The maximum atomic E-state index is 12.2. The summed E-state index contributed by atoms with van der Waals surface area (Å²) in [6.07, 6.45) is 6.60. The maximum absolute atomic E-state index is 12.2. The van der Waals surface area contributed by atoms with Crippen molar-refractivity contribution in [1.82, 2.24) is 15.5 Å². The number of unbranched alkanes of at least 4 members (excludes halogenated alkanes) is 1. The van der Waals surface area contributed by atoms with Crippen LogP contribution in [0.5, 0.6) is 0 Å². The molecular formula is C18H36N4O. The van der Waals surface area contributed by atoms with Crippen molar-refractivity contribution in [1.29, 1.82) is 0 Å². The molecule has 0 radical (unpaired) electrons. The van der Waals surface area contributed by atoms with Crippen molar-refractivity contribution >= 4 is 11.9 Å². The van der Waals surface area contributed by atoms with E-state index in [9.17, 15) is 4.79 Å². The van der Waals surface area contributed by atoms with Gasteiger partial charge in [0.1, 0.15) is 0 Å². The van der Waals surface area contributed by atoms with Gasteiger partial charge >= 0.3 is 0 Å². The molecule has 2 N–H and O–H groups in total. The maximum Gasteiger partial charge on any atom is 0.224 e. The summed E-state index contributed by atoms with van der Waals surface area (Å²) in [4.78, 5) is 18.4. The number of hydrogen-bond acceptors (Lipinski definition) is 2. The van der Waals surface area contributed by atoms with Gasteiger partial charge in [-0.25, -0.2) is 0 Å². The van der Waals surface area contributed by atoms with Crippen LogP contribution in [0.25, 0.3) is 0 Å². The zero-order chi connectivity index (χ0) is 17.1. The summed E-state index contributed by atoms with van der Waals surface area (Å²) in [6.45, 7) is 10.2. The van der Waals surface area contributed by atoms with Gasteiger partial charge in [-0.3, -0.25) is 9.79 Å². The van der Waals surface area contributed by atoms with Crippen LogP contribution < -0.4 is 10.6 Å². The molecule has 0 saturated carbocycles. The third-order valence-corrected chi connectivity index (χ3v) is 4.37. The molecule has 1 heterocycles. The van der Waals surface area contributed by atoms with Crippen LogP contribution in [0.4, 0.5) is 0 Å². The zero-order valence-electron chi connectivity index (χ0n) is 15.5. The second-order valence-electron chi connectivity index (χ2n) is 7.15. The Kier molecular flexibility index (Phi) is 9.72. The van der Waals surface area contributed by atoms with Gasteiger partial charge in [0.2, 0.25) is 5.91 Å². The third kappa shape index (κ3) is 8.82. The topological polar surface area (TPSA) is 56.7 Å². The minimum absolute atomic E-state index is 0.261. The van der Waals surface area contributed by atoms with E-state index in [1.165, 1.54) is 19.3 Å². The van der Waals surface area contributed by atoms with Gasteiger partial charge in [-0.1, -0.05) is 33.6 Å². The lowest BCUT2D eigenvalue weighted by atomic mass is 10.00. The fraction of sp³-hybridized carbons (Fsp3) is 0.889. The predicted molar refractivity (Wildman–Crippen MR) is 97.6 cm³/mol. The number of aliphatic imine (C=N–C) groups is 1. The van der Waals surface area contributed by atoms with Crippen LogP contribution in [0.3, 0.4) is 0 Å². The fourth-order valence-corrected chi connectivity index (χ4v) is 2.97. The first-order chi connectivity index (χ1) is 11.0. The second-order valence-corrected chi connectivity index (χ2v) is 7.15. The van der Waals surface area contributed by atoms with Crippen molar-refractivity contribution < 1.29 is 4.79 Å². The van der Waals surface area contributed by atoms with Crippen LogP contribution in [0.15, 0.2) is 4.99 Å². The van der Waals surface area contributed by atoms with E-state index in [2.05, 4.69) is 36.4 Å². The van der Waals surface area contributed by atoms with Crippen molar-refractivity contribution in [3.63, 3.8) is 0 Å². The molecule has 1 amide bonds. The van der Waals surface area contributed by atoms with Gasteiger partial charge in [0.05, 0.1) is 0 Å². The number of nitrogens with one attached hydrogen (secondary N) is 2. The van der Waals surface area contributed by atoms with Crippen molar-refractivity contribution in [2.24, 2.45) is 16.8 Å². The van der Waals surface area contributed by atoms with Gasteiger partial charge in [-0.05, 0) is 31.1 Å². The average Bonchev–Trinajstić information content (AvgIpc) is 2.52. The molecule has 0 spiro atoms. The largest absolute Gasteiger partial charge is 0.356 e. The molecule has 1 rings (SSSR count). The SMILES string of the molecule is CN=C(NCCCCC(C)C)NCCC(=O)N1CCCC(C)C1. The molecule has 0 aromatic carbocycles. The van der Waals surface area contributed by atoms with Gasteiger partial charge in [0.15, 0.2) is 5.96 Å². The average molecular weight is 325 g/mol. The Morgan fingerprint density at radius 1 is 1.26 bits per heavy atom. The molecule has 1 unspecified atom stereocenters. The van der Waals surface area contributed by atoms with E-state index in [4.69, 9.17) is 0 Å². The van der Waals surface area contributed by atoms with E-state index < -0.39 is 0 Å². The lowest BCUT2D eigenvalue weighted by Gasteiger charge is -2.31. The molecule has 5 heteroatoms. The van der Waals surface area contributed by atoms with Gasteiger partial charge < -0.3 is 15.5 Å². The summed E-state index contributed by atoms with van der Waals surface area (Å²) >= 11 is 0. The number of piperidine rings is 1. The lowest BCUT2D eigenvalue weighted by molar-refractivity contribution is -0.132. The summed E-state index contributed by atoms with van der Waals surface area (Å²) in [5.74, 6) is 2.47. The molecule has 0 aliphatic carbocycles. The van der Waals surface area contributed by atoms with Gasteiger partial charge in [0.25, 0.3) is 0 Å². The number of hydrogen-bond donors (Lipinski definition) is 2. The molecule has 1 aliphatic rings. The molecule has 1 fully saturated rings. The summed E-state index contributed by atoms with van der Waals surface area (Å²) in [6, 6.07) is 0. The minimum Gasteiger partial charge on any atom is -0.356 e. The van der Waals surface area contributed by atoms with Crippen LogP contribution in [0.2, 0.25) is 0 Å². The lowest BCUT2D eigenvalue weighted by Crippen LogP contribution is -2.42. The molecular weight excluding hydrogens is 288 g/mol. The van der Waals surface area contributed by atoms with Crippen molar-refractivity contribution in [2.45, 2.75) is 59.3 Å². The smallest absolute Gasteiger partial charge is 0.224 e. The van der Waals surface area contributed by atoms with Crippen LogP contribution in [0.1, 0.15) is 59.3 Å². The Balaban J connectivity index is 2.13. The number of amides is 1. The number of carbonyl (C=O) groups excluding carboxylic acids is 1. The first kappa shape index (κ1) is 19.8. The highest BCUT2D eigenvalue weighted by Gasteiger charge is 2.20. The van der Waals surface area contributed by atoms with E-state index in [1.807, 2.05) is 4.90 Å². The monoisotopic (exact) mass is 324 g/mol. The number of guanidine groups is 1. The predicted octanol–water partition coefficient (Wildman–Crippen LogP) is 2.63. The Hall–Kier alpha value is -1.26. The van der Waals surface area contributed by atoms with Crippen LogP contribution >= 0.6 is 0 Å². The number of likely N-dealkylation sites (tertiary alicyclic amines) is 1. The number of nitrogens with zero attached hydrogens (tertiary/aromatic N) is 2. The zero-order valence-corrected chi connectivity index (χ0v) is 15.5. The Bertz CT molecular complexity index is 368. The van der Waals surface area contributed by atoms with Crippen LogP contribution in [0, 0.1) is 11.8 Å². The Morgan fingerprint density at radius 3 is 2.65 bits per heavy atom. The van der Waals surface area contributed by atoms with Gasteiger partial charge in [0, 0.05) is 39.6 Å². The molecule has 23 heavy (non-hydrogen) atoms.